The monoisotopic (exact) mass is 458 g/mol. The van der Waals surface area contributed by atoms with Gasteiger partial charge in [0.15, 0.2) is 0 Å². The number of hydrogen-bond acceptors (Lipinski definition) is 6. The van der Waals surface area contributed by atoms with Gasteiger partial charge in [-0.3, -0.25) is 19.9 Å². The Morgan fingerprint density at radius 3 is 1.18 bits per heavy atom. The second kappa shape index (κ2) is 10.6. The minimum absolute atomic E-state index is 0.490. The zero-order chi connectivity index (χ0) is 23.0. The molecule has 4 aromatic heterocycles. The van der Waals surface area contributed by atoms with Crippen LogP contribution in [0.5, 0.6) is 0 Å². The summed E-state index contributed by atoms with van der Waals surface area (Å²) in [6, 6.07) is 23.4. The van der Waals surface area contributed by atoms with Gasteiger partial charge >= 0.3 is 0 Å². The largest absolute Gasteiger partial charge is 0.323 e. The molecule has 7 heteroatoms. The number of rotatable bonds is 10. The number of hydrogen-bond donors (Lipinski definition) is 2. The zero-order valence-corrected chi connectivity index (χ0v) is 19.1. The van der Waals surface area contributed by atoms with Crippen molar-refractivity contribution in [2.75, 3.05) is 0 Å². The molecule has 4 rings (SSSR count). The fourth-order valence-corrected chi connectivity index (χ4v) is 4.57. The van der Waals surface area contributed by atoms with Crippen molar-refractivity contribution < 1.29 is 0 Å². The van der Waals surface area contributed by atoms with E-state index in [-0.39, 0.29) is 0 Å². The zero-order valence-electron chi connectivity index (χ0n) is 18.3. The van der Waals surface area contributed by atoms with Crippen molar-refractivity contribution in [3.05, 3.63) is 120 Å². The number of nitrogens with two attached hydrogens (primary N) is 1. The molecule has 0 saturated heterocycles. The highest BCUT2D eigenvalue weighted by atomic mass is 35.5. The van der Waals surface area contributed by atoms with E-state index in [0.29, 0.717) is 25.7 Å². The molecule has 6 nitrogen and oxygen atoms in total. The van der Waals surface area contributed by atoms with E-state index in [1.165, 1.54) is 0 Å². The average molecular weight is 459 g/mol. The van der Waals surface area contributed by atoms with E-state index in [1.54, 1.807) is 24.8 Å². The summed E-state index contributed by atoms with van der Waals surface area (Å²) in [5.74, 6) is 0. The van der Waals surface area contributed by atoms with Crippen LogP contribution in [-0.2, 0) is 25.7 Å². The molecular formula is C26H27ClN6. The van der Waals surface area contributed by atoms with Crippen molar-refractivity contribution in [3.63, 3.8) is 0 Å². The quantitative estimate of drug-likeness (QED) is 0.352. The van der Waals surface area contributed by atoms with E-state index in [0.717, 1.165) is 22.8 Å². The summed E-state index contributed by atoms with van der Waals surface area (Å²) < 4.78 is 0. The van der Waals surface area contributed by atoms with Crippen molar-refractivity contribution >= 4 is 11.8 Å². The summed E-state index contributed by atoms with van der Waals surface area (Å²) in [4.78, 5) is 21.4. The maximum atomic E-state index is 7.37. The third-order valence-electron chi connectivity index (χ3n) is 6.00. The third kappa shape index (κ3) is 5.60. The first-order chi connectivity index (χ1) is 16.1. The van der Waals surface area contributed by atoms with Crippen molar-refractivity contribution in [1.29, 1.82) is 0 Å². The van der Waals surface area contributed by atoms with E-state index in [2.05, 4.69) is 24.8 Å². The van der Waals surface area contributed by atoms with Crippen LogP contribution >= 0.6 is 11.8 Å². The normalized spacial score (nSPS) is 11.9. The molecule has 0 atom stereocenters. The Kier molecular flexibility index (Phi) is 7.40. The first-order valence-corrected chi connectivity index (χ1v) is 11.3. The lowest BCUT2D eigenvalue weighted by Crippen LogP contribution is -2.70. The molecule has 33 heavy (non-hydrogen) atoms. The standard InChI is InChI=1S/C26H27ClN6/c27-33-26(19-23-11-3-7-15-31-23,20-24-12-4-8-16-32-24)25(28,17-21-9-1-5-13-29-21)18-22-10-2-6-14-30-22/h1-16,33H,17-20,28H2. The van der Waals surface area contributed by atoms with Crippen molar-refractivity contribution in [1.82, 2.24) is 24.8 Å². The number of nitrogens with zero attached hydrogens (tertiary/aromatic N) is 4. The molecule has 0 fully saturated rings. The Balaban J connectivity index is 1.83. The SMILES string of the molecule is NC(Cc1ccccn1)(Cc1ccccn1)C(Cc1ccccn1)(Cc1ccccn1)NCl. The average Bonchev–Trinajstić information content (AvgIpc) is 2.86. The van der Waals surface area contributed by atoms with Gasteiger partial charge in [0.2, 0.25) is 0 Å². The molecule has 0 unspecified atom stereocenters. The topological polar surface area (TPSA) is 89.6 Å². The van der Waals surface area contributed by atoms with Crippen LogP contribution in [0.25, 0.3) is 0 Å². The second-order valence-electron chi connectivity index (χ2n) is 8.32. The molecule has 0 saturated carbocycles. The molecule has 0 aliphatic heterocycles. The van der Waals surface area contributed by atoms with E-state index < -0.39 is 11.1 Å². The highest BCUT2D eigenvalue weighted by Crippen LogP contribution is 2.34. The fraction of sp³-hybridized carbons (Fsp3) is 0.231. The van der Waals surface area contributed by atoms with Crippen molar-refractivity contribution in [2.45, 2.75) is 36.8 Å². The Labute approximate surface area is 199 Å². The molecule has 4 aromatic rings. The lowest BCUT2D eigenvalue weighted by Gasteiger charge is -2.48. The van der Waals surface area contributed by atoms with Crippen LogP contribution < -0.4 is 10.6 Å². The maximum absolute atomic E-state index is 7.37. The number of pyridine rings is 4. The first kappa shape index (κ1) is 23.0. The smallest absolute Gasteiger partial charge is 0.0628 e. The van der Waals surface area contributed by atoms with Gasteiger partial charge in [0.1, 0.15) is 0 Å². The van der Waals surface area contributed by atoms with Gasteiger partial charge in [-0.25, -0.2) is 4.84 Å². The van der Waals surface area contributed by atoms with Crippen LogP contribution in [0.2, 0.25) is 0 Å². The second-order valence-corrected chi connectivity index (χ2v) is 8.51. The molecule has 0 spiro atoms. The summed E-state index contributed by atoms with van der Waals surface area (Å²) in [6.07, 6.45) is 9.12. The molecule has 168 valence electrons. The van der Waals surface area contributed by atoms with Gasteiger partial charge in [-0.1, -0.05) is 24.3 Å². The van der Waals surface area contributed by atoms with E-state index in [9.17, 15) is 0 Å². The van der Waals surface area contributed by atoms with Crippen LogP contribution in [-0.4, -0.2) is 31.0 Å². The van der Waals surface area contributed by atoms with Gasteiger partial charge in [0.25, 0.3) is 0 Å². The molecular weight excluding hydrogens is 432 g/mol. The molecule has 3 N–H and O–H groups in total. The highest BCUT2D eigenvalue weighted by molar-refractivity contribution is 6.14. The lowest BCUT2D eigenvalue weighted by molar-refractivity contribution is 0.184. The van der Waals surface area contributed by atoms with Crippen molar-refractivity contribution in [3.8, 4) is 0 Å². The fourth-order valence-electron chi connectivity index (χ4n) is 4.25. The lowest BCUT2D eigenvalue weighted by atomic mass is 9.67. The van der Waals surface area contributed by atoms with Crippen LogP contribution in [0.1, 0.15) is 22.8 Å². The Hall–Kier alpha value is -3.19. The summed E-state index contributed by atoms with van der Waals surface area (Å²) >= 11 is 6.61. The Morgan fingerprint density at radius 2 is 0.909 bits per heavy atom. The Bertz CT molecular complexity index is 1030. The predicted molar refractivity (Wildman–Crippen MR) is 130 cm³/mol. The van der Waals surface area contributed by atoms with E-state index >= 15 is 0 Å². The van der Waals surface area contributed by atoms with Crippen molar-refractivity contribution in [2.24, 2.45) is 5.73 Å². The summed E-state index contributed by atoms with van der Waals surface area (Å²) in [5.41, 5.74) is 9.24. The van der Waals surface area contributed by atoms with Crippen LogP contribution in [0, 0.1) is 0 Å². The minimum atomic E-state index is -0.869. The van der Waals surface area contributed by atoms with Gasteiger partial charge in [0, 0.05) is 78.8 Å². The van der Waals surface area contributed by atoms with Gasteiger partial charge in [0.05, 0.1) is 5.54 Å². The summed E-state index contributed by atoms with van der Waals surface area (Å²) in [5, 5.41) is 0. The van der Waals surface area contributed by atoms with Crippen LogP contribution in [0.15, 0.2) is 97.6 Å². The van der Waals surface area contributed by atoms with E-state index in [1.807, 2.05) is 72.8 Å². The number of nitrogens with one attached hydrogen (secondary N) is 1. The summed E-state index contributed by atoms with van der Waals surface area (Å²) in [6.45, 7) is 0. The van der Waals surface area contributed by atoms with E-state index in [4.69, 9.17) is 17.5 Å². The van der Waals surface area contributed by atoms with Gasteiger partial charge in [-0.15, -0.1) is 0 Å². The van der Waals surface area contributed by atoms with Gasteiger partial charge in [-0.05, 0) is 60.3 Å². The van der Waals surface area contributed by atoms with Crippen LogP contribution in [0.4, 0.5) is 0 Å². The van der Waals surface area contributed by atoms with Crippen LogP contribution in [0.3, 0.4) is 0 Å². The maximum Gasteiger partial charge on any atom is 0.0628 e. The number of aromatic nitrogens is 4. The Morgan fingerprint density at radius 1 is 0.576 bits per heavy atom. The third-order valence-corrected chi connectivity index (χ3v) is 6.36. The first-order valence-electron chi connectivity index (χ1n) is 10.9. The molecule has 0 aliphatic carbocycles. The molecule has 0 aliphatic rings. The molecule has 0 aromatic carbocycles. The van der Waals surface area contributed by atoms with Gasteiger partial charge in [-0.2, -0.15) is 0 Å². The summed E-state index contributed by atoms with van der Waals surface area (Å²) in [7, 11) is 0. The molecule has 0 amide bonds. The highest BCUT2D eigenvalue weighted by Gasteiger charge is 2.49. The number of halogens is 1. The molecule has 4 heterocycles. The minimum Gasteiger partial charge on any atom is -0.323 e. The molecule has 0 bridgehead atoms. The molecule has 0 radical (unpaired) electrons. The predicted octanol–water partition coefficient (Wildman–Crippen LogP) is 3.72. The van der Waals surface area contributed by atoms with Gasteiger partial charge < -0.3 is 5.73 Å².